The summed E-state index contributed by atoms with van der Waals surface area (Å²) in [5, 5.41) is 0. The van der Waals surface area contributed by atoms with Crippen molar-refractivity contribution in [1.29, 1.82) is 0 Å². The molecule has 0 bridgehead atoms. The van der Waals surface area contributed by atoms with Crippen molar-refractivity contribution in [2.45, 2.75) is 72.1 Å². The smallest absolute Gasteiger partial charge is 0.137 e. The molecule has 4 rings (SSSR count). The molecular formula is C21H30O3. The molecule has 132 valence electrons. The average molecular weight is 330 g/mol. The fourth-order valence-electron chi connectivity index (χ4n) is 7.53. The van der Waals surface area contributed by atoms with Gasteiger partial charge in [0.05, 0.1) is 0 Å². The molecule has 4 aliphatic carbocycles. The zero-order valence-corrected chi connectivity index (χ0v) is 15.3. The highest BCUT2D eigenvalue weighted by atomic mass is 16.1. The maximum atomic E-state index is 13.3. The number of Topliss-reactive ketones (excluding diaryl/α,β-unsaturated/α-hetero) is 3. The lowest BCUT2D eigenvalue weighted by atomic mass is 9.44. The first-order chi connectivity index (χ1) is 11.3. The number of hydrogen-bond donors (Lipinski definition) is 0. The molecule has 0 aromatic rings. The Morgan fingerprint density at radius 1 is 1.04 bits per heavy atom. The van der Waals surface area contributed by atoms with Crippen LogP contribution in [-0.2, 0) is 14.4 Å². The Kier molecular flexibility index (Phi) is 3.61. The number of ketones is 3. The number of carbonyl (C=O) groups is 3. The summed E-state index contributed by atoms with van der Waals surface area (Å²) in [6, 6.07) is 0. The van der Waals surface area contributed by atoms with Gasteiger partial charge in [0.25, 0.3) is 0 Å². The van der Waals surface area contributed by atoms with Gasteiger partial charge < -0.3 is 0 Å². The highest BCUT2D eigenvalue weighted by molar-refractivity contribution is 5.87. The molecule has 4 saturated carbocycles. The van der Waals surface area contributed by atoms with Crippen LogP contribution >= 0.6 is 0 Å². The second-order valence-corrected chi connectivity index (χ2v) is 9.66. The Balaban J connectivity index is 1.69. The van der Waals surface area contributed by atoms with Crippen LogP contribution < -0.4 is 0 Å². The van der Waals surface area contributed by atoms with Gasteiger partial charge in [0.2, 0.25) is 0 Å². The van der Waals surface area contributed by atoms with Crippen molar-refractivity contribution in [3.63, 3.8) is 0 Å². The van der Waals surface area contributed by atoms with Crippen LogP contribution in [0.5, 0.6) is 0 Å². The zero-order valence-electron chi connectivity index (χ0n) is 15.3. The van der Waals surface area contributed by atoms with Crippen LogP contribution in [0.3, 0.4) is 0 Å². The van der Waals surface area contributed by atoms with Gasteiger partial charge in [-0.15, -0.1) is 0 Å². The van der Waals surface area contributed by atoms with Crippen LogP contribution in [0.4, 0.5) is 0 Å². The standard InChI is InChI=1S/C21H30O3/c1-12(22)16-6-7-17-15-5-4-13-10-14(23)8-9-20(13,2)19(15)18(24)11-21(16,17)3/h13,15-17,19H,4-11H2,1-3H3/t13-,15-,16-,17+,19+,20-,21+/m0/s1. The highest BCUT2D eigenvalue weighted by Crippen LogP contribution is 2.66. The lowest BCUT2D eigenvalue weighted by Gasteiger charge is -2.59. The third-order valence-corrected chi connectivity index (χ3v) is 8.66. The van der Waals surface area contributed by atoms with Gasteiger partial charge in [-0.1, -0.05) is 13.8 Å². The molecule has 0 unspecified atom stereocenters. The molecule has 0 amide bonds. The average Bonchev–Trinajstić information content (AvgIpc) is 2.84. The summed E-state index contributed by atoms with van der Waals surface area (Å²) in [6.45, 7) is 6.21. The van der Waals surface area contributed by atoms with Crippen molar-refractivity contribution in [2.75, 3.05) is 0 Å². The van der Waals surface area contributed by atoms with Crippen molar-refractivity contribution < 1.29 is 14.4 Å². The van der Waals surface area contributed by atoms with E-state index in [1.807, 2.05) is 0 Å². The lowest BCUT2D eigenvalue weighted by molar-refractivity contribution is -0.161. The van der Waals surface area contributed by atoms with Gasteiger partial charge in [-0.05, 0) is 67.6 Å². The minimum Gasteiger partial charge on any atom is -0.300 e. The number of hydrogen-bond acceptors (Lipinski definition) is 3. The van der Waals surface area contributed by atoms with Crippen molar-refractivity contribution in [3.05, 3.63) is 0 Å². The van der Waals surface area contributed by atoms with Gasteiger partial charge >= 0.3 is 0 Å². The molecule has 0 N–H and O–H groups in total. The van der Waals surface area contributed by atoms with E-state index in [1.54, 1.807) is 6.92 Å². The molecular weight excluding hydrogens is 300 g/mol. The topological polar surface area (TPSA) is 51.2 Å². The van der Waals surface area contributed by atoms with Crippen LogP contribution in [-0.4, -0.2) is 17.3 Å². The SMILES string of the molecule is CC(=O)[C@@H]1CC[C@@H]2[C@@H]3CC[C@H]4CC(=O)CC[C@]4(C)[C@H]3C(=O)C[C@@]21C. The summed E-state index contributed by atoms with van der Waals surface area (Å²) in [6.07, 6.45) is 7.05. The molecule has 0 heterocycles. The van der Waals surface area contributed by atoms with Gasteiger partial charge in [-0.2, -0.15) is 0 Å². The highest BCUT2D eigenvalue weighted by Gasteiger charge is 2.63. The summed E-state index contributed by atoms with van der Waals surface area (Å²) in [7, 11) is 0. The van der Waals surface area contributed by atoms with E-state index in [0.29, 0.717) is 48.6 Å². The molecule has 0 radical (unpaired) electrons. The summed E-state index contributed by atoms with van der Waals surface area (Å²) in [5.41, 5.74) is -0.0959. The fourth-order valence-corrected chi connectivity index (χ4v) is 7.53. The molecule has 0 saturated heterocycles. The van der Waals surface area contributed by atoms with Crippen LogP contribution in [0.1, 0.15) is 72.1 Å². The van der Waals surface area contributed by atoms with Gasteiger partial charge in [-0.3, -0.25) is 14.4 Å². The minimum atomic E-state index is -0.113. The van der Waals surface area contributed by atoms with E-state index in [0.717, 1.165) is 32.1 Å². The first-order valence-electron chi connectivity index (χ1n) is 9.82. The predicted octanol–water partition coefficient (Wildman–Crippen LogP) is 3.98. The van der Waals surface area contributed by atoms with E-state index in [9.17, 15) is 14.4 Å². The van der Waals surface area contributed by atoms with Crippen LogP contribution in [0.2, 0.25) is 0 Å². The van der Waals surface area contributed by atoms with Crippen LogP contribution in [0.25, 0.3) is 0 Å². The van der Waals surface area contributed by atoms with Gasteiger partial charge in [-0.25, -0.2) is 0 Å². The molecule has 0 aromatic carbocycles. The van der Waals surface area contributed by atoms with Crippen LogP contribution in [0, 0.1) is 40.4 Å². The second-order valence-electron chi connectivity index (χ2n) is 9.66. The molecule has 3 nitrogen and oxygen atoms in total. The Hall–Kier alpha value is -0.990. The van der Waals surface area contributed by atoms with Crippen molar-refractivity contribution in [3.8, 4) is 0 Å². The first-order valence-corrected chi connectivity index (χ1v) is 9.82. The minimum absolute atomic E-state index is 0.0174. The molecule has 3 heteroatoms. The Morgan fingerprint density at radius 3 is 2.50 bits per heavy atom. The van der Waals surface area contributed by atoms with Gasteiger partial charge in [0, 0.05) is 31.1 Å². The van der Waals surface area contributed by atoms with E-state index in [1.165, 1.54) is 0 Å². The predicted molar refractivity (Wildman–Crippen MR) is 91.3 cm³/mol. The van der Waals surface area contributed by atoms with E-state index in [2.05, 4.69) is 13.8 Å². The van der Waals surface area contributed by atoms with Crippen molar-refractivity contribution >= 4 is 17.3 Å². The summed E-state index contributed by atoms with van der Waals surface area (Å²) < 4.78 is 0. The van der Waals surface area contributed by atoms with Crippen LogP contribution in [0.15, 0.2) is 0 Å². The van der Waals surface area contributed by atoms with E-state index < -0.39 is 0 Å². The Bertz CT molecular complexity index is 608. The van der Waals surface area contributed by atoms with Gasteiger partial charge in [0.1, 0.15) is 17.3 Å². The van der Waals surface area contributed by atoms with Gasteiger partial charge in [0.15, 0.2) is 0 Å². The summed E-state index contributed by atoms with van der Waals surface area (Å²) in [4.78, 5) is 37.4. The molecule has 0 spiro atoms. The van der Waals surface area contributed by atoms with Crippen molar-refractivity contribution in [2.24, 2.45) is 40.4 Å². The lowest BCUT2D eigenvalue weighted by Crippen LogP contribution is -2.57. The third kappa shape index (κ3) is 2.05. The van der Waals surface area contributed by atoms with E-state index in [4.69, 9.17) is 0 Å². The van der Waals surface area contributed by atoms with Crippen molar-refractivity contribution in [1.82, 2.24) is 0 Å². The van der Waals surface area contributed by atoms with E-state index in [-0.39, 0.29) is 28.4 Å². The molecule has 0 aliphatic heterocycles. The molecule has 24 heavy (non-hydrogen) atoms. The fraction of sp³-hybridized carbons (Fsp3) is 0.857. The maximum absolute atomic E-state index is 13.3. The maximum Gasteiger partial charge on any atom is 0.137 e. The largest absolute Gasteiger partial charge is 0.300 e. The summed E-state index contributed by atoms with van der Waals surface area (Å²) in [5.74, 6) is 2.63. The molecule has 7 atom stereocenters. The number of carbonyl (C=O) groups excluding carboxylic acids is 3. The Labute approximate surface area is 144 Å². The number of fused-ring (bicyclic) bond motifs is 5. The third-order valence-electron chi connectivity index (χ3n) is 8.66. The quantitative estimate of drug-likeness (QED) is 0.730. The Morgan fingerprint density at radius 2 is 1.79 bits per heavy atom. The number of rotatable bonds is 1. The molecule has 4 fully saturated rings. The molecule has 0 aromatic heterocycles. The second kappa shape index (κ2) is 5.25. The molecule has 4 aliphatic rings. The first kappa shape index (κ1) is 16.5. The normalized spacial score (nSPS) is 50.9. The van der Waals surface area contributed by atoms with E-state index >= 15 is 0 Å². The zero-order chi connectivity index (χ0) is 17.3. The monoisotopic (exact) mass is 330 g/mol. The summed E-state index contributed by atoms with van der Waals surface area (Å²) >= 11 is 0.